The van der Waals surface area contributed by atoms with Gasteiger partial charge in [0, 0.05) is 33.1 Å². The van der Waals surface area contributed by atoms with Gasteiger partial charge >= 0.3 is 0 Å². The van der Waals surface area contributed by atoms with Crippen LogP contribution in [0.3, 0.4) is 0 Å². The molecule has 0 N–H and O–H groups in total. The van der Waals surface area contributed by atoms with Crippen molar-refractivity contribution in [2.24, 2.45) is 0 Å². The van der Waals surface area contributed by atoms with Crippen molar-refractivity contribution in [3.05, 3.63) is 119 Å². The molecule has 0 radical (unpaired) electrons. The summed E-state index contributed by atoms with van der Waals surface area (Å²) in [7, 11) is 3.35. The molecule has 2 unspecified atom stereocenters. The lowest BCUT2D eigenvalue weighted by Gasteiger charge is -2.22. The topological polar surface area (TPSA) is 35.5 Å². The Morgan fingerprint density at radius 1 is 0.632 bits per heavy atom. The van der Waals surface area contributed by atoms with Gasteiger partial charge in [-0.15, -0.1) is 23.5 Å². The third kappa shape index (κ3) is 7.03. The molecule has 3 nitrogen and oxygen atoms in total. The third-order valence-electron chi connectivity index (χ3n) is 6.70. The summed E-state index contributed by atoms with van der Waals surface area (Å²) in [5, 5.41) is 0. The van der Waals surface area contributed by atoms with Crippen LogP contribution in [-0.2, 0) is 16.3 Å². The molecule has 0 aliphatic rings. The van der Waals surface area contributed by atoms with Crippen molar-refractivity contribution in [1.29, 1.82) is 0 Å². The number of hydrogen-bond donors (Lipinski definition) is 0. The van der Waals surface area contributed by atoms with E-state index in [0.717, 1.165) is 43.9 Å². The predicted octanol–water partition coefficient (Wildman–Crippen LogP) is 8.76. The van der Waals surface area contributed by atoms with Gasteiger partial charge in [-0.25, -0.2) is 0 Å². The highest BCUT2D eigenvalue weighted by Crippen LogP contribution is 2.39. The Balaban J connectivity index is 1.57. The van der Waals surface area contributed by atoms with Gasteiger partial charge in [0.15, 0.2) is 0 Å². The molecule has 0 bridgehead atoms. The summed E-state index contributed by atoms with van der Waals surface area (Å²) >= 11 is 3.49. The molecular weight excluding hydrogens is 508 g/mol. The smallest absolute Gasteiger partial charge is 0.147 e. The van der Waals surface area contributed by atoms with Gasteiger partial charge in [-0.3, -0.25) is 4.79 Å². The van der Waals surface area contributed by atoms with E-state index in [1.165, 1.54) is 11.1 Å². The van der Waals surface area contributed by atoms with Crippen LogP contribution in [-0.4, -0.2) is 20.0 Å². The van der Waals surface area contributed by atoms with Gasteiger partial charge in [-0.1, -0.05) is 86.6 Å². The zero-order valence-electron chi connectivity index (χ0n) is 22.3. The van der Waals surface area contributed by atoms with Crippen molar-refractivity contribution in [3.63, 3.8) is 0 Å². The van der Waals surface area contributed by atoms with Gasteiger partial charge in [0.2, 0.25) is 0 Å². The zero-order valence-corrected chi connectivity index (χ0v) is 24.0. The molecule has 5 heteroatoms. The standard InChI is InChI=1S/C33H34O3S2/c1-23(29-17-15-27(35-3)19-31(29)37-21-25-11-7-5-8-12-25)33(34)24(2)30-18-16-28(36-4)20-32(30)38-22-26-13-9-6-10-14-26/h5-20,23-24H,21-22H2,1-4H3. The van der Waals surface area contributed by atoms with Crippen LogP contribution in [0.1, 0.15) is 47.9 Å². The Bertz CT molecular complexity index is 1240. The van der Waals surface area contributed by atoms with Gasteiger partial charge in [-0.2, -0.15) is 0 Å². The summed E-state index contributed by atoms with van der Waals surface area (Å²) in [4.78, 5) is 16.1. The molecule has 196 valence electrons. The van der Waals surface area contributed by atoms with Gasteiger partial charge < -0.3 is 9.47 Å². The van der Waals surface area contributed by atoms with Crippen molar-refractivity contribution in [2.45, 2.75) is 47.0 Å². The van der Waals surface area contributed by atoms with Gasteiger partial charge in [0.05, 0.1) is 14.2 Å². The maximum Gasteiger partial charge on any atom is 0.147 e. The van der Waals surface area contributed by atoms with Crippen molar-refractivity contribution in [3.8, 4) is 11.5 Å². The molecule has 4 aromatic rings. The predicted molar refractivity (Wildman–Crippen MR) is 160 cm³/mol. The SMILES string of the molecule is COc1ccc(C(C)C(=O)C(C)c2ccc(OC)cc2SCc2ccccc2)c(SCc2ccccc2)c1. The van der Waals surface area contributed by atoms with Crippen LogP contribution >= 0.6 is 23.5 Å². The summed E-state index contributed by atoms with van der Waals surface area (Å²) in [6.45, 7) is 4.04. The van der Waals surface area contributed by atoms with E-state index in [0.29, 0.717) is 0 Å². The highest BCUT2D eigenvalue weighted by Gasteiger charge is 2.27. The van der Waals surface area contributed by atoms with E-state index in [4.69, 9.17) is 9.47 Å². The van der Waals surface area contributed by atoms with E-state index in [1.807, 2.05) is 62.4 Å². The lowest BCUT2D eigenvalue weighted by molar-refractivity contribution is -0.121. The molecule has 4 rings (SSSR count). The van der Waals surface area contributed by atoms with E-state index in [1.54, 1.807) is 37.7 Å². The molecule has 0 aliphatic carbocycles. The highest BCUT2D eigenvalue weighted by atomic mass is 32.2. The number of methoxy groups -OCH3 is 2. The summed E-state index contributed by atoms with van der Waals surface area (Å²) in [6, 6.07) is 32.9. The Morgan fingerprint density at radius 2 is 1.03 bits per heavy atom. The number of rotatable bonds is 12. The summed E-state index contributed by atoms with van der Waals surface area (Å²) in [5.41, 5.74) is 4.57. The Labute approximate surface area is 235 Å². The maximum atomic E-state index is 13.9. The number of hydrogen-bond acceptors (Lipinski definition) is 5. The first kappa shape index (κ1) is 27.9. The summed E-state index contributed by atoms with van der Waals surface area (Å²) < 4.78 is 11.0. The number of ether oxygens (including phenoxy) is 2. The van der Waals surface area contributed by atoms with Crippen molar-refractivity contribution in [1.82, 2.24) is 0 Å². The minimum Gasteiger partial charge on any atom is -0.497 e. The zero-order chi connectivity index (χ0) is 26.9. The average molecular weight is 543 g/mol. The Hall–Kier alpha value is -3.15. The van der Waals surface area contributed by atoms with Gasteiger partial charge in [-0.05, 0) is 46.5 Å². The first-order chi connectivity index (χ1) is 18.5. The third-order valence-corrected chi connectivity index (χ3v) is 8.99. The number of ketones is 1. The summed E-state index contributed by atoms with van der Waals surface area (Å²) in [5.74, 6) is 2.93. The second-order valence-corrected chi connectivity index (χ2v) is 11.2. The van der Waals surface area contributed by atoms with E-state index in [9.17, 15) is 4.79 Å². The van der Waals surface area contributed by atoms with Crippen LogP contribution in [0.15, 0.2) is 107 Å². The van der Waals surface area contributed by atoms with Crippen LogP contribution in [0, 0.1) is 0 Å². The number of Topliss-reactive ketones (excluding diaryl/α,β-unsaturated/α-hetero) is 1. The monoisotopic (exact) mass is 542 g/mol. The highest BCUT2D eigenvalue weighted by molar-refractivity contribution is 7.98. The molecule has 0 spiro atoms. The number of thioether (sulfide) groups is 2. The fourth-order valence-electron chi connectivity index (χ4n) is 4.40. The molecule has 4 aromatic carbocycles. The second kappa shape index (κ2) is 13.6. The Morgan fingerprint density at radius 3 is 1.39 bits per heavy atom. The first-order valence-electron chi connectivity index (χ1n) is 12.7. The van der Waals surface area contributed by atoms with Crippen molar-refractivity contribution >= 4 is 29.3 Å². The molecule has 0 fully saturated rings. The minimum absolute atomic E-state index is 0.198. The van der Waals surface area contributed by atoms with Gasteiger partial charge in [0.25, 0.3) is 0 Å². The van der Waals surface area contributed by atoms with Crippen LogP contribution in [0.25, 0.3) is 0 Å². The molecular formula is C33H34O3S2. The lowest BCUT2D eigenvalue weighted by atomic mass is 9.85. The molecule has 0 saturated carbocycles. The maximum absolute atomic E-state index is 13.9. The fourth-order valence-corrected chi connectivity index (χ4v) is 6.65. The van der Waals surface area contributed by atoms with E-state index in [2.05, 4.69) is 48.5 Å². The van der Waals surface area contributed by atoms with E-state index < -0.39 is 0 Å². The molecule has 2 atom stereocenters. The van der Waals surface area contributed by atoms with Crippen LogP contribution in [0.2, 0.25) is 0 Å². The molecule has 0 aliphatic heterocycles. The molecule has 0 heterocycles. The summed E-state index contributed by atoms with van der Waals surface area (Å²) in [6.07, 6.45) is 0. The normalized spacial score (nSPS) is 12.5. The Kier molecular flexibility index (Phi) is 9.97. The fraction of sp³-hybridized carbons (Fsp3) is 0.242. The lowest BCUT2D eigenvalue weighted by Crippen LogP contribution is -2.18. The molecule has 0 aromatic heterocycles. The second-order valence-electron chi connectivity index (χ2n) is 9.20. The largest absolute Gasteiger partial charge is 0.497 e. The quantitative estimate of drug-likeness (QED) is 0.167. The van der Waals surface area contributed by atoms with Gasteiger partial charge in [0.1, 0.15) is 17.3 Å². The van der Waals surface area contributed by atoms with Crippen LogP contribution < -0.4 is 9.47 Å². The minimum atomic E-state index is -0.261. The average Bonchev–Trinajstić information content (AvgIpc) is 2.98. The van der Waals surface area contributed by atoms with E-state index in [-0.39, 0.29) is 17.6 Å². The molecule has 0 amide bonds. The van der Waals surface area contributed by atoms with Crippen molar-refractivity contribution < 1.29 is 14.3 Å². The molecule has 38 heavy (non-hydrogen) atoms. The number of carbonyl (C=O) groups is 1. The van der Waals surface area contributed by atoms with Crippen molar-refractivity contribution in [2.75, 3.05) is 14.2 Å². The number of benzene rings is 4. The van der Waals surface area contributed by atoms with Crippen LogP contribution in [0.4, 0.5) is 0 Å². The molecule has 0 saturated heterocycles. The van der Waals surface area contributed by atoms with Crippen LogP contribution in [0.5, 0.6) is 11.5 Å². The number of carbonyl (C=O) groups excluding carboxylic acids is 1. The van der Waals surface area contributed by atoms with E-state index >= 15 is 0 Å². The first-order valence-corrected chi connectivity index (χ1v) is 14.7.